The predicted octanol–water partition coefficient (Wildman–Crippen LogP) is 1.64. The SMILES string of the molecule is C[C@H]1C(CCNCc2ccccc2)C(=O)N1C. The van der Waals surface area contributed by atoms with Crippen molar-refractivity contribution in [2.24, 2.45) is 5.92 Å². The maximum absolute atomic E-state index is 11.5. The minimum atomic E-state index is 0.225. The van der Waals surface area contributed by atoms with Gasteiger partial charge in [-0.15, -0.1) is 0 Å². The number of nitrogens with one attached hydrogen (secondary N) is 1. The van der Waals surface area contributed by atoms with Gasteiger partial charge in [-0.2, -0.15) is 0 Å². The number of amides is 1. The van der Waals surface area contributed by atoms with Crippen molar-refractivity contribution in [1.29, 1.82) is 0 Å². The molecule has 2 rings (SSSR count). The highest BCUT2D eigenvalue weighted by molar-refractivity contribution is 5.85. The Kier molecular flexibility index (Phi) is 3.79. The van der Waals surface area contributed by atoms with Crippen LogP contribution in [0.5, 0.6) is 0 Å². The average Bonchev–Trinajstić information content (AvgIpc) is 2.38. The molecule has 0 spiro atoms. The summed E-state index contributed by atoms with van der Waals surface area (Å²) in [7, 11) is 1.88. The van der Waals surface area contributed by atoms with Gasteiger partial charge in [0.25, 0.3) is 0 Å². The Hall–Kier alpha value is -1.35. The molecule has 3 heteroatoms. The van der Waals surface area contributed by atoms with Crippen molar-refractivity contribution in [1.82, 2.24) is 10.2 Å². The van der Waals surface area contributed by atoms with E-state index < -0.39 is 0 Å². The lowest BCUT2D eigenvalue weighted by Crippen LogP contribution is -2.57. The minimum absolute atomic E-state index is 0.225. The van der Waals surface area contributed by atoms with E-state index in [0.29, 0.717) is 11.9 Å². The highest BCUT2D eigenvalue weighted by Gasteiger charge is 2.40. The third kappa shape index (κ3) is 2.67. The lowest BCUT2D eigenvalue weighted by Gasteiger charge is -2.43. The van der Waals surface area contributed by atoms with E-state index in [4.69, 9.17) is 0 Å². The van der Waals surface area contributed by atoms with E-state index in [0.717, 1.165) is 19.5 Å². The zero-order valence-corrected chi connectivity index (χ0v) is 10.5. The van der Waals surface area contributed by atoms with Crippen LogP contribution < -0.4 is 5.32 Å². The molecule has 0 aliphatic carbocycles. The molecule has 3 nitrogen and oxygen atoms in total. The predicted molar refractivity (Wildman–Crippen MR) is 68.5 cm³/mol. The molecule has 1 saturated heterocycles. The number of hydrogen-bond donors (Lipinski definition) is 1. The van der Waals surface area contributed by atoms with Gasteiger partial charge in [0, 0.05) is 19.6 Å². The maximum atomic E-state index is 11.5. The second-order valence-corrected chi connectivity index (χ2v) is 4.75. The van der Waals surface area contributed by atoms with Crippen LogP contribution in [0.25, 0.3) is 0 Å². The largest absolute Gasteiger partial charge is 0.342 e. The van der Waals surface area contributed by atoms with Crippen molar-refractivity contribution >= 4 is 5.91 Å². The minimum Gasteiger partial charge on any atom is -0.342 e. The number of likely N-dealkylation sites (tertiary alicyclic amines) is 1. The molecule has 1 aliphatic rings. The molecule has 1 heterocycles. The number of carbonyl (C=O) groups is 1. The molecule has 92 valence electrons. The van der Waals surface area contributed by atoms with E-state index in [1.807, 2.05) is 30.1 Å². The molecule has 1 aromatic carbocycles. The normalized spacial score (nSPS) is 23.6. The smallest absolute Gasteiger partial charge is 0.227 e. The molecular weight excluding hydrogens is 212 g/mol. The van der Waals surface area contributed by atoms with Gasteiger partial charge in [-0.1, -0.05) is 30.3 Å². The number of carbonyl (C=O) groups excluding carboxylic acids is 1. The fourth-order valence-corrected chi connectivity index (χ4v) is 2.31. The Morgan fingerprint density at radius 1 is 1.29 bits per heavy atom. The number of benzene rings is 1. The quantitative estimate of drug-likeness (QED) is 0.618. The topological polar surface area (TPSA) is 32.3 Å². The molecule has 1 aliphatic heterocycles. The number of β-lactam (4-membered cyclic amide) rings is 1. The zero-order valence-electron chi connectivity index (χ0n) is 10.5. The summed E-state index contributed by atoms with van der Waals surface area (Å²) in [6, 6.07) is 10.7. The van der Waals surface area contributed by atoms with Gasteiger partial charge in [-0.3, -0.25) is 4.79 Å². The monoisotopic (exact) mass is 232 g/mol. The summed E-state index contributed by atoms with van der Waals surface area (Å²) in [5, 5.41) is 3.39. The molecular formula is C14H20N2O. The first-order valence-electron chi connectivity index (χ1n) is 6.21. The standard InChI is InChI=1S/C14H20N2O/c1-11-13(14(17)16(11)2)8-9-15-10-12-6-4-3-5-7-12/h3-7,11,13,15H,8-10H2,1-2H3/t11-,13?/m0/s1. The van der Waals surface area contributed by atoms with Crippen LogP contribution in [0, 0.1) is 5.92 Å². The summed E-state index contributed by atoms with van der Waals surface area (Å²) in [5.74, 6) is 0.516. The molecule has 0 radical (unpaired) electrons. The molecule has 1 aromatic rings. The third-order valence-corrected chi connectivity index (χ3v) is 3.66. The number of rotatable bonds is 5. The van der Waals surface area contributed by atoms with Gasteiger partial charge in [0.15, 0.2) is 0 Å². The molecule has 1 unspecified atom stereocenters. The Balaban J connectivity index is 1.66. The van der Waals surface area contributed by atoms with Gasteiger partial charge in [-0.25, -0.2) is 0 Å². The van der Waals surface area contributed by atoms with Gasteiger partial charge >= 0.3 is 0 Å². The van der Waals surface area contributed by atoms with E-state index in [-0.39, 0.29) is 5.92 Å². The molecule has 1 N–H and O–H groups in total. The van der Waals surface area contributed by atoms with Crippen LogP contribution >= 0.6 is 0 Å². The highest BCUT2D eigenvalue weighted by atomic mass is 16.2. The fourth-order valence-electron chi connectivity index (χ4n) is 2.31. The van der Waals surface area contributed by atoms with Crippen LogP contribution in [0.15, 0.2) is 30.3 Å². The fraction of sp³-hybridized carbons (Fsp3) is 0.500. The zero-order chi connectivity index (χ0) is 12.3. The molecule has 0 saturated carbocycles. The summed E-state index contributed by atoms with van der Waals surface area (Å²) in [6.07, 6.45) is 0.942. The first kappa shape index (κ1) is 12.1. The van der Waals surface area contributed by atoms with Crippen molar-refractivity contribution in [3.8, 4) is 0 Å². The van der Waals surface area contributed by atoms with Crippen LogP contribution in [0.1, 0.15) is 18.9 Å². The van der Waals surface area contributed by atoms with Gasteiger partial charge in [0.2, 0.25) is 5.91 Å². The lowest BCUT2D eigenvalue weighted by atomic mass is 9.86. The van der Waals surface area contributed by atoms with Gasteiger partial charge in [0.05, 0.1) is 5.92 Å². The summed E-state index contributed by atoms with van der Waals surface area (Å²) in [5.41, 5.74) is 1.29. The molecule has 2 atom stereocenters. The third-order valence-electron chi connectivity index (χ3n) is 3.66. The molecule has 17 heavy (non-hydrogen) atoms. The van der Waals surface area contributed by atoms with Crippen molar-refractivity contribution in [2.45, 2.75) is 25.9 Å². The second-order valence-electron chi connectivity index (χ2n) is 4.75. The Bertz CT molecular complexity index is 377. The summed E-state index contributed by atoms with van der Waals surface area (Å²) < 4.78 is 0. The van der Waals surface area contributed by atoms with Gasteiger partial charge < -0.3 is 10.2 Å². The van der Waals surface area contributed by atoms with Crippen LogP contribution in [-0.2, 0) is 11.3 Å². The highest BCUT2D eigenvalue weighted by Crippen LogP contribution is 2.26. The van der Waals surface area contributed by atoms with Gasteiger partial charge in [-0.05, 0) is 25.5 Å². The summed E-state index contributed by atoms with van der Waals surface area (Å²) in [6.45, 7) is 3.90. The second kappa shape index (κ2) is 5.32. The van der Waals surface area contributed by atoms with Gasteiger partial charge in [0.1, 0.15) is 0 Å². The van der Waals surface area contributed by atoms with E-state index in [1.165, 1.54) is 5.56 Å². The number of nitrogens with zero attached hydrogens (tertiary/aromatic N) is 1. The van der Waals surface area contributed by atoms with Crippen molar-refractivity contribution in [3.05, 3.63) is 35.9 Å². The Morgan fingerprint density at radius 3 is 2.65 bits per heavy atom. The Morgan fingerprint density at radius 2 is 2.00 bits per heavy atom. The molecule has 1 fully saturated rings. The van der Waals surface area contributed by atoms with Crippen LogP contribution in [0.2, 0.25) is 0 Å². The van der Waals surface area contributed by atoms with E-state index in [9.17, 15) is 4.79 Å². The van der Waals surface area contributed by atoms with E-state index in [2.05, 4.69) is 24.4 Å². The van der Waals surface area contributed by atoms with E-state index >= 15 is 0 Å². The first-order chi connectivity index (χ1) is 8.20. The van der Waals surface area contributed by atoms with E-state index in [1.54, 1.807) is 0 Å². The van der Waals surface area contributed by atoms with Crippen molar-refractivity contribution in [2.75, 3.05) is 13.6 Å². The maximum Gasteiger partial charge on any atom is 0.227 e. The Labute approximate surface area is 103 Å². The molecule has 0 aromatic heterocycles. The summed E-state index contributed by atoms with van der Waals surface area (Å²) >= 11 is 0. The average molecular weight is 232 g/mol. The first-order valence-corrected chi connectivity index (χ1v) is 6.21. The van der Waals surface area contributed by atoms with Crippen LogP contribution in [-0.4, -0.2) is 30.4 Å². The molecule has 0 bridgehead atoms. The van der Waals surface area contributed by atoms with Crippen molar-refractivity contribution in [3.63, 3.8) is 0 Å². The van der Waals surface area contributed by atoms with Crippen LogP contribution in [0.3, 0.4) is 0 Å². The molecule has 1 amide bonds. The van der Waals surface area contributed by atoms with Crippen LogP contribution in [0.4, 0.5) is 0 Å². The van der Waals surface area contributed by atoms with Crippen molar-refractivity contribution < 1.29 is 4.79 Å². The summed E-state index contributed by atoms with van der Waals surface area (Å²) in [4.78, 5) is 13.4. The lowest BCUT2D eigenvalue weighted by molar-refractivity contribution is -0.152. The number of hydrogen-bond acceptors (Lipinski definition) is 2.